The van der Waals surface area contributed by atoms with Crippen LogP contribution in [0.15, 0.2) is 53.6 Å². The third kappa shape index (κ3) is 4.52. The van der Waals surface area contributed by atoms with Crippen LogP contribution in [-0.4, -0.2) is 32.4 Å². The van der Waals surface area contributed by atoms with E-state index >= 15 is 0 Å². The minimum Gasteiger partial charge on any atom is -0.497 e. The Hall–Kier alpha value is -2.42. The normalized spacial score (nSPS) is 11.3. The summed E-state index contributed by atoms with van der Waals surface area (Å²) in [7, 11) is -1.08. The van der Waals surface area contributed by atoms with Crippen molar-refractivity contribution in [2.75, 3.05) is 18.9 Å². The van der Waals surface area contributed by atoms with Gasteiger partial charge in [0, 0.05) is 18.3 Å². The van der Waals surface area contributed by atoms with Gasteiger partial charge in [-0.2, -0.15) is 5.10 Å². The maximum Gasteiger partial charge on any atom is 0.266 e. The quantitative estimate of drug-likeness (QED) is 0.597. The van der Waals surface area contributed by atoms with E-state index in [-0.39, 0.29) is 16.5 Å². The molecule has 0 fully saturated rings. The topological polar surface area (TPSA) is 82.5 Å². The molecule has 1 N–H and O–H groups in total. The molecule has 1 heterocycles. The number of methoxy groups -OCH3 is 2. The highest BCUT2D eigenvalue weighted by molar-refractivity contribution is 7.92. The predicted octanol–water partition coefficient (Wildman–Crippen LogP) is 4.06. The van der Waals surface area contributed by atoms with Gasteiger partial charge in [-0.05, 0) is 29.8 Å². The predicted molar refractivity (Wildman–Crippen MR) is 108 cm³/mol. The maximum atomic E-state index is 12.8. The highest BCUT2D eigenvalue weighted by Gasteiger charge is 2.21. The van der Waals surface area contributed by atoms with Crippen molar-refractivity contribution in [3.63, 3.8) is 0 Å². The van der Waals surface area contributed by atoms with Gasteiger partial charge in [-0.1, -0.05) is 29.3 Å². The van der Waals surface area contributed by atoms with Crippen LogP contribution in [0.4, 0.5) is 5.82 Å². The molecule has 10 heteroatoms. The minimum atomic E-state index is -3.93. The lowest BCUT2D eigenvalue weighted by Crippen LogP contribution is -2.15. The van der Waals surface area contributed by atoms with Gasteiger partial charge in [0.25, 0.3) is 10.0 Å². The molecule has 0 amide bonds. The van der Waals surface area contributed by atoms with Crippen LogP contribution in [0.5, 0.6) is 11.5 Å². The number of ether oxygens (including phenoxy) is 2. The molecule has 2 aromatic carbocycles. The molecule has 0 aliphatic heterocycles. The molecule has 0 saturated heterocycles. The highest BCUT2D eigenvalue weighted by atomic mass is 35.5. The molecule has 0 unspecified atom stereocenters. The lowest BCUT2D eigenvalue weighted by atomic mass is 10.2. The van der Waals surface area contributed by atoms with Gasteiger partial charge in [0.1, 0.15) is 16.4 Å². The van der Waals surface area contributed by atoms with Crippen LogP contribution < -0.4 is 14.2 Å². The van der Waals surface area contributed by atoms with Crippen molar-refractivity contribution < 1.29 is 17.9 Å². The number of halogens is 2. The molecule has 7 nitrogen and oxygen atoms in total. The molecule has 28 heavy (non-hydrogen) atoms. The van der Waals surface area contributed by atoms with Gasteiger partial charge in [-0.15, -0.1) is 0 Å². The van der Waals surface area contributed by atoms with Crippen molar-refractivity contribution in [1.29, 1.82) is 0 Å². The fourth-order valence-electron chi connectivity index (χ4n) is 2.52. The van der Waals surface area contributed by atoms with E-state index in [0.29, 0.717) is 22.3 Å². The summed E-state index contributed by atoms with van der Waals surface area (Å²) in [5.41, 5.74) is 0.876. The molecular weight excluding hydrogens is 425 g/mol. The van der Waals surface area contributed by atoms with E-state index in [1.807, 2.05) is 6.07 Å². The summed E-state index contributed by atoms with van der Waals surface area (Å²) < 4.78 is 39.8. The Morgan fingerprint density at radius 3 is 2.50 bits per heavy atom. The number of nitrogens with zero attached hydrogens (tertiary/aromatic N) is 2. The van der Waals surface area contributed by atoms with Gasteiger partial charge < -0.3 is 9.47 Å². The molecule has 0 saturated carbocycles. The van der Waals surface area contributed by atoms with Crippen LogP contribution in [0.2, 0.25) is 10.0 Å². The van der Waals surface area contributed by atoms with E-state index in [0.717, 1.165) is 5.56 Å². The second-order valence-corrected chi connectivity index (χ2v) is 8.23. The van der Waals surface area contributed by atoms with E-state index in [2.05, 4.69) is 9.82 Å². The maximum absolute atomic E-state index is 12.8. The third-order valence-electron chi connectivity index (χ3n) is 3.87. The molecule has 0 spiro atoms. The Kier molecular flexibility index (Phi) is 6.02. The molecule has 3 aromatic rings. The molecular formula is C18H17Cl2N3O4S. The van der Waals surface area contributed by atoms with Gasteiger partial charge >= 0.3 is 0 Å². The Bertz CT molecular complexity index is 1100. The molecule has 0 radical (unpaired) electrons. The molecule has 0 atom stereocenters. The number of hydrogen-bond donors (Lipinski definition) is 1. The van der Waals surface area contributed by atoms with E-state index in [4.69, 9.17) is 32.7 Å². The van der Waals surface area contributed by atoms with Crippen LogP contribution in [0, 0.1) is 0 Å². The summed E-state index contributed by atoms with van der Waals surface area (Å²) in [5, 5.41) is 5.15. The summed E-state index contributed by atoms with van der Waals surface area (Å²) in [6.07, 6.45) is 1.66. The van der Waals surface area contributed by atoms with E-state index in [1.54, 1.807) is 35.1 Å². The highest BCUT2D eigenvalue weighted by Crippen LogP contribution is 2.29. The summed E-state index contributed by atoms with van der Waals surface area (Å²) in [4.78, 5) is -0.0478. The Morgan fingerprint density at radius 1 is 1.04 bits per heavy atom. The smallest absolute Gasteiger partial charge is 0.266 e. The number of hydrogen-bond acceptors (Lipinski definition) is 5. The number of sulfonamides is 1. The minimum absolute atomic E-state index is 0.0478. The monoisotopic (exact) mass is 441 g/mol. The van der Waals surface area contributed by atoms with Crippen molar-refractivity contribution in [3.8, 4) is 11.5 Å². The second kappa shape index (κ2) is 8.30. The van der Waals surface area contributed by atoms with E-state index in [1.165, 1.54) is 26.4 Å². The van der Waals surface area contributed by atoms with Gasteiger partial charge in [-0.3, -0.25) is 9.40 Å². The molecule has 1 aromatic heterocycles. The molecule has 3 rings (SSSR count). The number of nitrogens with one attached hydrogen (secondary N) is 1. The van der Waals surface area contributed by atoms with E-state index in [9.17, 15) is 8.42 Å². The number of rotatable bonds is 7. The molecule has 0 aliphatic carbocycles. The van der Waals surface area contributed by atoms with Crippen LogP contribution in [0.25, 0.3) is 0 Å². The first-order valence-corrected chi connectivity index (χ1v) is 10.3. The van der Waals surface area contributed by atoms with Crippen molar-refractivity contribution in [1.82, 2.24) is 9.78 Å². The largest absolute Gasteiger partial charge is 0.497 e. The number of benzene rings is 2. The average Bonchev–Trinajstić information content (AvgIpc) is 3.10. The van der Waals surface area contributed by atoms with Gasteiger partial charge in [0.05, 0.1) is 30.8 Å². The van der Waals surface area contributed by atoms with E-state index < -0.39 is 10.0 Å². The fraction of sp³-hybridized carbons (Fsp3) is 0.167. The van der Waals surface area contributed by atoms with Gasteiger partial charge in [0.2, 0.25) is 0 Å². The standard InChI is InChI=1S/C18H17Cl2N3O4S/c1-26-13-4-6-16(27-2)17(10-13)28(24,25)22-18-7-8-23(21-18)11-12-3-5-14(19)15(20)9-12/h3-10H,11H2,1-2H3,(H,21,22). The molecule has 0 aliphatic rings. The van der Waals surface area contributed by atoms with Crippen LogP contribution >= 0.6 is 23.2 Å². The lowest BCUT2D eigenvalue weighted by molar-refractivity contribution is 0.392. The number of aromatic nitrogens is 2. The summed E-state index contributed by atoms with van der Waals surface area (Å²) in [6.45, 7) is 0.404. The number of anilines is 1. The zero-order valence-corrected chi connectivity index (χ0v) is 17.3. The van der Waals surface area contributed by atoms with Crippen molar-refractivity contribution >= 4 is 39.0 Å². The van der Waals surface area contributed by atoms with Crippen LogP contribution in [0.1, 0.15) is 5.56 Å². The first kappa shape index (κ1) is 20.3. The SMILES string of the molecule is COc1ccc(OC)c(S(=O)(=O)Nc2ccn(Cc3ccc(Cl)c(Cl)c3)n2)c1. The lowest BCUT2D eigenvalue weighted by Gasteiger charge is -2.11. The van der Waals surface area contributed by atoms with Crippen molar-refractivity contribution in [2.45, 2.75) is 11.4 Å². The Balaban J connectivity index is 1.81. The molecule has 0 bridgehead atoms. The van der Waals surface area contributed by atoms with Crippen molar-refractivity contribution in [2.24, 2.45) is 0 Å². The first-order chi connectivity index (χ1) is 13.3. The van der Waals surface area contributed by atoms with Crippen LogP contribution in [-0.2, 0) is 16.6 Å². The Labute approximate surface area is 172 Å². The zero-order valence-electron chi connectivity index (χ0n) is 15.0. The summed E-state index contributed by atoms with van der Waals surface area (Å²) in [5.74, 6) is 0.764. The fourth-order valence-corrected chi connectivity index (χ4v) is 4.02. The van der Waals surface area contributed by atoms with Crippen molar-refractivity contribution in [3.05, 3.63) is 64.3 Å². The van der Waals surface area contributed by atoms with Gasteiger partial charge in [0.15, 0.2) is 5.82 Å². The van der Waals surface area contributed by atoms with Crippen LogP contribution in [0.3, 0.4) is 0 Å². The first-order valence-electron chi connectivity index (χ1n) is 8.04. The second-order valence-electron chi connectivity index (χ2n) is 5.77. The third-order valence-corrected chi connectivity index (χ3v) is 5.98. The molecule has 148 valence electrons. The zero-order chi connectivity index (χ0) is 20.3. The Morgan fingerprint density at radius 2 is 1.82 bits per heavy atom. The summed E-state index contributed by atoms with van der Waals surface area (Å²) in [6, 6.07) is 11.3. The average molecular weight is 442 g/mol. The summed E-state index contributed by atoms with van der Waals surface area (Å²) >= 11 is 11.9. The van der Waals surface area contributed by atoms with Gasteiger partial charge in [-0.25, -0.2) is 8.42 Å².